The third-order valence-corrected chi connectivity index (χ3v) is 3.05. The molecule has 0 saturated carbocycles. The van der Waals surface area contributed by atoms with E-state index < -0.39 is 22.3 Å². The summed E-state index contributed by atoms with van der Waals surface area (Å²) in [6, 6.07) is 3.59. The van der Waals surface area contributed by atoms with Crippen LogP contribution in [0.3, 0.4) is 0 Å². The molecule has 0 aliphatic carbocycles. The molecular weight excluding hydrogens is 266 g/mol. The highest BCUT2D eigenvalue weighted by molar-refractivity contribution is 5.98. The second-order valence-electron chi connectivity index (χ2n) is 4.44. The number of benzene rings is 1. The fourth-order valence-electron chi connectivity index (χ4n) is 2.00. The first-order valence-corrected chi connectivity index (χ1v) is 6.03. The zero-order chi connectivity index (χ0) is 14.7. The normalized spacial score (nSPS) is 17.6. The molecule has 106 valence electrons. The van der Waals surface area contributed by atoms with Crippen LogP contribution in [0.25, 0.3) is 0 Å². The summed E-state index contributed by atoms with van der Waals surface area (Å²) in [6.45, 7) is 0.215. The van der Waals surface area contributed by atoms with Crippen molar-refractivity contribution in [2.75, 3.05) is 6.54 Å². The molecule has 8 nitrogen and oxygen atoms in total. The van der Waals surface area contributed by atoms with Gasteiger partial charge in [-0.15, -0.1) is 0 Å². The molecule has 0 spiro atoms. The van der Waals surface area contributed by atoms with Gasteiger partial charge in [0.1, 0.15) is 0 Å². The van der Waals surface area contributed by atoms with Crippen LogP contribution in [0.2, 0.25) is 0 Å². The molecule has 20 heavy (non-hydrogen) atoms. The Morgan fingerprint density at radius 2 is 2.30 bits per heavy atom. The van der Waals surface area contributed by atoms with Crippen LogP contribution < -0.4 is 10.6 Å². The van der Waals surface area contributed by atoms with Crippen LogP contribution in [0, 0.1) is 10.1 Å². The first kappa shape index (κ1) is 13.8. The van der Waals surface area contributed by atoms with E-state index in [1.54, 1.807) is 0 Å². The number of nitro benzene ring substituents is 1. The van der Waals surface area contributed by atoms with Crippen LogP contribution in [0.5, 0.6) is 5.75 Å². The van der Waals surface area contributed by atoms with Gasteiger partial charge in [-0.1, -0.05) is 6.07 Å². The quantitative estimate of drug-likeness (QED) is 0.541. The van der Waals surface area contributed by atoms with Crippen LogP contribution in [-0.4, -0.2) is 34.4 Å². The van der Waals surface area contributed by atoms with Gasteiger partial charge in [-0.25, -0.2) is 0 Å². The minimum absolute atomic E-state index is 0.0672. The molecule has 1 aromatic carbocycles. The first-order valence-electron chi connectivity index (χ1n) is 6.03. The Morgan fingerprint density at radius 1 is 1.55 bits per heavy atom. The highest BCUT2D eigenvalue weighted by Gasteiger charge is 2.24. The second kappa shape index (κ2) is 5.55. The molecule has 1 aliphatic rings. The van der Waals surface area contributed by atoms with Crippen LogP contribution in [0.1, 0.15) is 23.2 Å². The van der Waals surface area contributed by atoms with Crippen molar-refractivity contribution in [1.29, 1.82) is 0 Å². The third-order valence-electron chi connectivity index (χ3n) is 3.05. The van der Waals surface area contributed by atoms with Crippen molar-refractivity contribution >= 4 is 17.5 Å². The fourth-order valence-corrected chi connectivity index (χ4v) is 2.00. The van der Waals surface area contributed by atoms with E-state index in [9.17, 15) is 24.8 Å². The first-order chi connectivity index (χ1) is 9.49. The lowest BCUT2D eigenvalue weighted by Gasteiger charge is -2.11. The number of phenolic OH excluding ortho intramolecular Hbond substituents is 1. The van der Waals surface area contributed by atoms with E-state index in [2.05, 4.69) is 10.6 Å². The van der Waals surface area contributed by atoms with Crippen molar-refractivity contribution in [3.63, 3.8) is 0 Å². The van der Waals surface area contributed by atoms with Gasteiger partial charge in [0.2, 0.25) is 11.7 Å². The maximum Gasteiger partial charge on any atom is 0.311 e. The van der Waals surface area contributed by atoms with E-state index in [4.69, 9.17) is 0 Å². The number of rotatable bonds is 4. The minimum atomic E-state index is -0.761. The van der Waals surface area contributed by atoms with Crippen LogP contribution >= 0.6 is 0 Å². The van der Waals surface area contributed by atoms with E-state index in [1.165, 1.54) is 12.1 Å². The average Bonchev–Trinajstić information content (AvgIpc) is 2.81. The van der Waals surface area contributed by atoms with Crippen molar-refractivity contribution in [1.82, 2.24) is 10.6 Å². The van der Waals surface area contributed by atoms with Gasteiger partial charge in [-0.2, -0.15) is 0 Å². The average molecular weight is 279 g/mol. The fraction of sp³-hybridized carbons (Fsp3) is 0.333. The van der Waals surface area contributed by atoms with E-state index in [0.29, 0.717) is 12.8 Å². The number of aromatic hydroxyl groups is 1. The van der Waals surface area contributed by atoms with Crippen molar-refractivity contribution in [2.45, 2.75) is 18.9 Å². The number of hydrogen-bond donors (Lipinski definition) is 3. The second-order valence-corrected chi connectivity index (χ2v) is 4.44. The SMILES string of the molecule is O=C1CCC(CNC(=O)c2cccc([N+](=O)[O-])c2O)N1. The summed E-state index contributed by atoms with van der Waals surface area (Å²) in [7, 11) is 0. The largest absolute Gasteiger partial charge is 0.502 e. The summed E-state index contributed by atoms with van der Waals surface area (Å²) < 4.78 is 0. The predicted octanol–water partition coefficient (Wildman–Crippen LogP) is 0.309. The highest BCUT2D eigenvalue weighted by atomic mass is 16.6. The zero-order valence-corrected chi connectivity index (χ0v) is 10.5. The van der Waals surface area contributed by atoms with Crippen molar-refractivity contribution in [2.24, 2.45) is 0 Å². The number of phenols is 1. The number of nitro groups is 1. The molecule has 1 saturated heterocycles. The summed E-state index contributed by atoms with van der Waals surface area (Å²) >= 11 is 0. The lowest BCUT2D eigenvalue weighted by Crippen LogP contribution is -2.38. The third kappa shape index (κ3) is 2.85. The Morgan fingerprint density at radius 3 is 2.90 bits per heavy atom. The van der Waals surface area contributed by atoms with Crippen LogP contribution in [-0.2, 0) is 4.79 Å². The van der Waals surface area contributed by atoms with E-state index in [0.717, 1.165) is 6.07 Å². The molecule has 0 aromatic heterocycles. The van der Waals surface area contributed by atoms with Gasteiger partial charge in [0.15, 0.2) is 0 Å². The van der Waals surface area contributed by atoms with Gasteiger partial charge in [0.05, 0.1) is 10.5 Å². The summed E-state index contributed by atoms with van der Waals surface area (Å²) in [4.78, 5) is 32.8. The Kier molecular flexibility index (Phi) is 3.83. The van der Waals surface area contributed by atoms with Gasteiger partial charge in [0, 0.05) is 25.1 Å². The zero-order valence-electron chi connectivity index (χ0n) is 10.5. The molecule has 0 bridgehead atoms. The lowest BCUT2D eigenvalue weighted by molar-refractivity contribution is -0.385. The van der Waals surface area contributed by atoms with E-state index in [-0.39, 0.29) is 24.1 Å². The number of para-hydroxylation sites is 1. The topological polar surface area (TPSA) is 122 Å². The number of carbonyl (C=O) groups excluding carboxylic acids is 2. The maximum absolute atomic E-state index is 11.9. The molecule has 1 fully saturated rings. The Balaban J connectivity index is 2.04. The Hall–Kier alpha value is -2.64. The smallest absolute Gasteiger partial charge is 0.311 e. The molecule has 1 heterocycles. The molecule has 3 N–H and O–H groups in total. The van der Waals surface area contributed by atoms with Gasteiger partial charge >= 0.3 is 5.69 Å². The van der Waals surface area contributed by atoms with Crippen molar-refractivity contribution < 1.29 is 19.6 Å². The van der Waals surface area contributed by atoms with Crippen LogP contribution in [0.15, 0.2) is 18.2 Å². The number of amides is 2. The van der Waals surface area contributed by atoms with E-state index >= 15 is 0 Å². The number of nitrogens with zero attached hydrogens (tertiary/aromatic N) is 1. The van der Waals surface area contributed by atoms with Crippen molar-refractivity contribution in [3.8, 4) is 5.75 Å². The summed E-state index contributed by atoms with van der Waals surface area (Å²) in [5.41, 5.74) is -0.685. The Labute approximate surface area is 113 Å². The minimum Gasteiger partial charge on any atom is -0.502 e. The molecule has 8 heteroatoms. The molecule has 1 aromatic rings. The van der Waals surface area contributed by atoms with Crippen LogP contribution in [0.4, 0.5) is 5.69 Å². The lowest BCUT2D eigenvalue weighted by atomic mass is 10.1. The van der Waals surface area contributed by atoms with Gasteiger partial charge in [0.25, 0.3) is 5.91 Å². The predicted molar refractivity (Wildman–Crippen MR) is 68.3 cm³/mol. The molecule has 1 atom stereocenters. The molecule has 1 aliphatic heterocycles. The summed E-state index contributed by atoms with van der Waals surface area (Å²) in [5.74, 6) is -1.35. The summed E-state index contributed by atoms with van der Waals surface area (Å²) in [6.07, 6.45) is 1.04. The number of nitrogens with one attached hydrogen (secondary N) is 2. The molecular formula is C12H13N3O5. The summed E-state index contributed by atoms with van der Waals surface area (Å²) in [5, 5.41) is 25.6. The van der Waals surface area contributed by atoms with Gasteiger partial charge in [-0.05, 0) is 12.5 Å². The Bertz CT molecular complexity index is 572. The molecule has 0 radical (unpaired) electrons. The molecule has 2 amide bonds. The number of hydrogen-bond acceptors (Lipinski definition) is 5. The standard InChI is InChI=1S/C12H13N3O5/c16-10-5-4-7(14-10)6-13-12(18)8-2-1-3-9(11(8)17)15(19)20/h1-3,7,17H,4-6H2,(H,13,18)(H,14,16). The van der Waals surface area contributed by atoms with Crippen molar-refractivity contribution in [3.05, 3.63) is 33.9 Å². The van der Waals surface area contributed by atoms with E-state index in [1.807, 2.05) is 0 Å². The monoisotopic (exact) mass is 279 g/mol. The maximum atomic E-state index is 11.9. The molecule has 1 unspecified atom stereocenters. The number of carbonyl (C=O) groups is 2. The van der Waals surface area contributed by atoms with Gasteiger partial charge in [-0.3, -0.25) is 19.7 Å². The van der Waals surface area contributed by atoms with Gasteiger partial charge < -0.3 is 15.7 Å². The highest BCUT2D eigenvalue weighted by Crippen LogP contribution is 2.29. The molecule has 2 rings (SSSR count).